The number of rotatable bonds is 2. The molecule has 1 aliphatic heterocycles. The van der Waals surface area contributed by atoms with Gasteiger partial charge in [0.1, 0.15) is 0 Å². The number of carbonyl (C=O) groups is 1. The molecule has 8 heteroatoms. The maximum absolute atomic E-state index is 12.4. The van der Waals surface area contributed by atoms with Crippen LogP contribution in [0, 0.1) is 0 Å². The van der Waals surface area contributed by atoms with E-state index in [0.717, 1.165) is 0 Å². The zero-order chi connectivity index (χ0) is 15.6. The Bertz CT molecular complexity index is 528. The average molecular weight is 366 g/mol. The lowest BCUT2D eigenvalue weighted by molar-refractivity contribution is -0.148. The fourth-order valence-electron chi connectivity index (χ4n) is 2.24. The van der Waals surface area contributed by atoms with Gasteiger partial charge in [-0.2, -0.15) is 13.2 Å². The predicted octanol–water partition coefficient (Wildman–Crippen LogP) is 2.35. The Morgan fingerprint density at radius 1 is 1.24 bits per heavy atom. The molecule has 1 amide bonds. The second-order valence-corrected chi connectivity index (χ2v) is 5.78. The Labute approximate surface area is 128 Å². The second kappa shape index (κ2) is 6.23. The fraction of sp³-hybridized carbons (Fsp3) is 0.462. The van der Waals surface area contributed by atoms with E-state index in [9.17, 15) is 18.0 Å². The first-order chi connectivity index (χ1) is 9.76. The topological polar surface area (TPSA) is 49.6 Å². The molecular weight excluding hydrogens is 351 g/mol. The van der Waals surface area contributed by atoms with Gasteiger partial charge in [0.25, 0.3) is 5.91 Å². The van der Waals surface area contributed by atoms with Crippen LogP contribution in [-0.2, 0) is 0 Å². The number of benzene rings is 1. The highest BCUT2D eigenvalue weighted by Crippen LogP contribution is 2.22. The summed E-state index contributed by atoms with van der Waals surface area (Å²) in [5.41, 5.74) is 6.56. The number of hydrogen-bond acceptors (Lipinski definition) is 3. The molecule has 0 radical (unpaired) electrons. The summed E-state index contributed by atoms with van der Waals surface area (Å²) >= 11 is 3.29. The van der Waals surface area contributed by atoms with Gasteiger partial charge in [-0.1, -0.05) is 0 Å². The van der Waals surface area contributed by atoms with E-state index in [1.54, 1.807) is 23.1 Å². The van der Waals surface area contributed by atoms with Crippen LogP contribution in [0.1, 0.15) is 10.4 Å². The normalized spacial score (nSPS) is 17.0. The van der Waals surface area contributed by atoms with Crippen molar-refractivity contribution in [2.45, 2.75) is 6.18 Å². The Balaban J connectivity index is 1.99. The maximum Gasteiger partial charge on any atom is 0.401 e. The summed E-state index contributed by atoms with van der Waals surface area (Å²) in [6.45, 7) is 0.0414. The quantitative estimate of drug-likeness (QED) is 0.818. The first kappa shape index (κ1) is 16.1. The molecule has 0 aromatic heterocycles. The molecule has 0 aliphatic carbocycles. The van der Waals surface area contributed by atoms with Crippen molar-refractivity contribution in [1.82, 2.24) is 9.80 Å². The molecule has 116 valence electrons. The summed E-state index contributed by atoms with van der Waals surface area (Å²) in [5, 5.41) is 0. The molecule has 1 aliphatic rings. The Morgan fingerprint density at radius 3 is 2.43 bits per heavy atom. The molecule has 21 heavy (non-hydrogen) atoms. The van der Waals surface area contributed by atoms with Crippen LogP contribution in [0.3, 0.4) is 0 Å². The third kappa shape index (κ3) is 4.34. The van der Waals surface area contributed by atoms with Crippen molar-refractivity contribution in [3.8, 4) is 0 Å². The van der Waals surface area contributed by atoms with Crippen molar-refractivity contribution in [3.05, 3.63) is 28.2 Å². The molecule has 2 N–H and O–H groups in total. The van der Waals surface area contributed by atoms with Crippen LogP contribution in [0.25, 0.3) is 0 Å². The van der Waals surface area contributed by atoms with Gasteiger partial charge in [-0.3, -0.25) is 9.69 Å². The average Bonchev–Trinajstić information content (AvgIpc) is 2.40. The number of amides is 1. The number of hydrogen-bond donors (Lipinski definition) is 1. The molecule has 0 spiro atoms. The van der Waals surface area contributed by atoms with E-state index >= 15 is 0 Å². The smallest absolute Gasteiger partial charge is 0.399 e. The fourth-order valence-corrected chi connectivity index (χ4v) is 2.66. The minimum atomic E-state index is -4.21. The summed E-state index contributed by atoms with van der Waals surface area (Å²) in [6.07, 6.45) is -4.21. The van der Waals surface area contributed by atoms with Crippen LogP contribution in [0.15, 0.2) is 22.7 Å². The van der Waals surface area contributed by atoms with Crippen molar-refractivity contribution < 1.29 is 18.0 Å². The van der Waals surface area contributed by atoms with E-state index in [0.29, 0.717) is 15.7 Å². The lowest BCUT2D eigenvalue weighted by Gasteiger charge is -2.35. The number of nitrogen functional groups attached to an aromatic ring is 1. The molecule has 0 bridgehead atoms. The third-order valence-corrected chi connectivity index (χ3v) is 3.97. The number of nitrogens with two attached hydrogens (primary N) is 1. The van der Waals surface area contributed by atoms with E-state index in [4.69, 9.17) is 5.73 Å². The molecule has 2 rings (SSSR count). The van der Waals surface area contributed by atoms with Crippen molar-refractivity contribution in [3.63, 3.8) is 0 Å². The molecule has 1 aromatic carbocycles. The summed E-state index contributed by atoms with van der Waals surface area (Å²) in [5.74, 6) is -0.221. The van der Waals surface area contributed by atoms with Crippen LogP contribution in [0.2, 0.25) is 0 Å². The molecule has 4 nitrogen and oxygen atoms in total. The lowest BCUT2D eigenvalue weighted by atomic mass is 10.1. The molecule has 0 unspecified atom stereocenters. The SMILES string of the molecule is Nc1ccc(Br)c(C(=O)N2CCN(CC(F)(F)F)CC2)c1. The lowest BCUT2D eigenvalue weighted by Crippen LogP contribution is -2.51. The van der Waals surface area contributed by atoms with E-state index < -0.39 is 12.7 Å². The monoisotopic (exact) mass is 365 g/mol. The Kier molecular flexibility index (Phi) is 4.77. The van der Waals surface area contributed by atoms with Crippen LogP contribution in [-0.4, -0.2) is 54.6 Å². The minimum Gasteiger partial charge on any atom is -0.399 e. The van der Waals surface area contributed by atoms with Gasteiger partial charge in [0.05, 0.1) is 12.1 Å². The van der Waals surface area contributed by atoms with Gasteiger partial charge >= 0.3 is 6.18 Å². The standard InChI is InChI=1S/C13H15BrF3N3O/c14-11-2-1-9(18)7-10(11)12(21)20-5-3-19(4-6-20)8-13(15,16)17/h1-2,7H,3-6,8,18H2. The van der Waals surface area contributed by atoms with Gasteiger partial charge in [-0.05, 0) is 34.1 Å². The molecule has 1 aromatic rings. The van der Waals surface area contributed by atoms with Crippen molar-refractivity contribution in [2.24, 2.45) is 0 Å². The minimum absolute atomic E-state index is 0.213. The Hall–Kier alpha value is -1.28. The summed E-state index contributed by atoms with van der Waals surface area (Å²) in [4.78, 5) is 15.2. The summed E-state index contributed by atoms with van der Waals surface area (Å²) < 4.78 is 37.6. The first-order valence-corrected chi connectivity index (χ1v) is 7.19. The molecule has 1 saturated heterocycles. The number of nitrogens with zero attached hydrogens (tertiary/aromatic N) is 2. The number of piperazine rings is 1. The third-order valence-electron chi connectivity index (χ3n) is 3.28. The van der Waals surface area contributed by atoms with E-state index in [-0.39, 0.29) is 32.1 Å². The van der Waals surface area contributed by atoms with Crippen LogP contribution in [0.5, 0.6) is 0 Å². The highest BCUT2D eigenvalue weighted by molar-refractivity contribution is 9.10. The highest BCUT2D eigenvalue weighted by atomic mass is 79.9. The van der Waals surface area contributed by atoms with Gasteiger partial charge in [0, 0.05) is 36.3 Å². The first-order valence-electron chi connectivity index (χ1n) is 6.40. The molecular formula is C13H15BrF3N3O. The molecule has 1 fully saturated rings. The molecule has 0 atom stereocenters. The number of halogens is 4. The Morgan fingerprint density at radius 2 is 1.86 bits per heavy atom. The zero-order valence-corrected chi connectivity index (χ0v) is 12.7. The van der Waals surface area contributed by atoms with Crippen molar-refractivity contribution in [1.29, 1.82) is 0 Å². The van der Waals surface area contributed by atoms with Crippen molar-refractivity contribution >= 4 is 27.5 Å². The molecule has 0 saturated carbocycles. The van der Waals surface area contributed by atoms with Crippen LogP contribution in [0.4, 0.5) is 18.9 Å². The number of anilines is 1. The van der Waals surface area contributed by atoms with Crippen molar-refractivity contribution in [2.75, 3.05) is 38.5 Å². The van der Waals surface area contributed by atoms with Crippen LogP contribution >= 0.6 is 15.9 Å². The van der Waals surface area contributed by atoms with Gasteiger partial charge in [0.2, 0.25) is 0 Å². The largest absolute Gasteiger partial charge is 0.401 e. The predicted molar refractivity (Wildman–Crippen MR) is 77.0 cm³/mol. The van der Waals surface area contributed by atoms with Gasteiger partial charge in [0.15, 0.2) is 0 Å². The second-order valence-electron chi connectivity index (χ2n) is 4.92. The number of carbonyl (C=O) groups excluding carboxylic acids is 1. The number of alkyl halides is 3. The maximum atomic E-state index is 12.4. The van der Waals surface area contributed by atoms with Gasteiger partial charge < -0.3 is 10.6 Å². The van der Waals surface area contributed by atoms with E-state index in [1.165, 1.54) is 4.90 Å². The zero-order valence-electron chi connectivity index (χ0n) is 11.2. The summed E-state index contributed by atoms with van der Waals surface area (Å²) in [7, 11) is 0. The highest BCUT2D eigenvalue weighted by Gasteiger charge is 2.33. The van der Waals surface area contributed by atoms with Crippen LogP contribution < -0.4 is 5.73 Å². The molecule has 1 heterocycles. The van der Waals surface area contributed by atoms with Gasteiger partial charge in [-0.15, -0.1) is 0 Å². The summed E-state index contributed by atoms with van der Waals surface area (Å²) in [6, 6.07) is 4.92. The van der Waals surface area contributed by atoms with E-state index in [2.05, 4.69) is 15.9 Å². The van der Waals surface area contributed by atoms with E-state index in [1.807, 2.05) is 0 Å². The van der Waals surface area contributed by atoms with Gasteiger partial charge in [-0.25, -0.2) is 0 Å².